The third kappa shape index (κ3) is 10.5. The van der Waals surface area contributed by atoms with Crippen molar-refractivity contribution in [1.29, 1.82) is 0 Å². The Labute approximate surface area is 294 Å². The molecule has 2 N–H and O–H groups in total. The first-order valence-corrected chi connectivity index (χ1v) is 17.1. The number of esters is 1. The van der Waals surface area contributed by atoms with Gasteiger partial charge < -0.3 is 44.3 Å². The molecule has 1 fully saturated rings. The molecule has 1 unspecified atom stereocenters. The highest BCUT2D eigenvalue weighted by Crippen LogP contribution is 2.40. The van der Waals surface area contributed by atoms with E-state index in [1.165, 1.54) is 11.8 Å². The number of likely N-dealkylation sites (tertiary alicyclic amines) is 1. The van der Waals surface area contributed by atoms with Crippen molar-refractivity contribution >= 4 is 41.6 Å². The maximum atomic E-state index is 14.3. The molecule has 15 nitrogen and oxygen atoms in total. The van der Waals surface area contributed by atoms with Crippen LogP contribution in [0.15, 0.2) is 12.1 Å². The van der Waals surface area contributed by atoms with Gasteiger partial charge in [-0.05, 0) is 85.9 Å². The zero-order chi connectivity index (χ0) is 37.6. The van der Waals surface area contributed by atoms with Gasteiger partial charge in [0.25, 0.3) is 11.8 Å². The normalized spacial score (nSPS) is 17.6. The molecule has 1 aromatic carbocycles. The summed E-state index contributed by atoms with van der Waals surface area (Å²) in [7, 11) is 0. The van der Waals surface area contributed by atoms with E-state index in [0.29, 0.717) is 48.4 Å². The molecule has 50 heavy (non-hydrogen) atoms. The summed E-state index contributed by atoms with van der Waals surface area (Å²) in [5.41, 5.74) is -0.390. The van der Waals surface area contributed by atoms with E-state index in [4.69, 9.17) is 18.9 Å². The first-order valence-electron chi connectivity index (χ1n) is 17.1. The molecular weight excluding hydrogens is 650 g/mol. The number of ether oxygens (including phenoxy) is 4. The second kappa shape index (κ2) is 16.4. The number of alkyl carbamates (subject to hydrolysis) is 1. The summed E-state index contributed by atoms with van der Waals surface area (Å²) < 4.78 is 21.7. The summed E-state index contributed by atoms with van der Waals surface area (Å²) in [6, 6.07) is 2.82. The van der Waals surface area contributed by atoms with Gasteiger partial charge in [0.05, 0.1) is 11.7 Å². The molecule has 1 saturated heterocycles. The lowest BCUT2D eigenvalue weighted by atomic mass is 9.97. The van der Waals surface area contributed by atoms with Gasteiger partial charge in [-0.25, -0.2) is 9.59 Å². The molecule has 0 radical (unpaired) electrons. The maximum absolute atomic E-state index is 14.3. The Hall–Kier alpha value is -4.56. The minimum atomic E-state index is -1.23. The van der Waals surface area contributed by atoms with E-state index in [0.717, 1.165) is 0 Å². The predicted molar refractivity (Wildman–Crippen MR) is 184 cm³/mol. The quantitative estimate of drug-likeness (QED) is 0.254. The zero-order valence-electron chi connectivity index (χ0n) is 31.0. The highest BCUT2D eigenvalue weighted by atomic mass is 16.7. The molecule has 2 aliphatic heterocycles. The molecular formula is C35H53N5O10. The number of anilines is 1. The second-order valence-corrected chi connectivity index (χ2v) is 14.3. The topological polar surface area (TPSA) is 173 Å². The van der Waals surface area contributed by atoms with Crippen molar-refractivity contribution in [3.05, 3.63) is 23.3 Å². The van der Waals surface area contributed by atoms with E-state index in [9.17, 15) is 28.8 Å². The van der Waals surface area contributed by atoms with Gasteiger partial charge in [0.1, 0.15) is 17.9 Å². The molecule has 0 aliphatic carbocycles. The van der Waals surface area contributed by atoms with Gasteiger partial charge in [0, 0.05) is 51.1 Å². The van der Waals surface area contributed by atoms with Crippen molar-refractivity contribution in [2.75, 3.05) is 37.6 Å². The Bertz CT molecular complexity index is 1450. The molecule has 0 saturated carbocycles. The summed E-state index contributed by atoms with van der Waals surface area (Å²) in [4.78, 5) is 81.5. The van der Waals surface area contributed by atoms with Crippen LogP contribution >= 0.6 is 0 Å². The Morgan fingerprint density at radius 3 is 2.38 bits per heavy atom. The third-order valence-electron chi connectivity index (χ3n) is 8.11. The zero-order valence-corrected chi connectivity index (χ0v) is 31.0. The van der Waals surface area contributed by atoms with E-state index in [-0.39, 0.29) is 49.4 Å². The van der Waals surface area contributed by atoms with Crippen LogP contribution in [-0.4, -0.2) is 108 Å². The van der Waals surface area contributed by atoms with Gasteiger partial charge in [0.15, 0.2) is 5.60 Å². The molecule has 0 aromatic heterocycles. The molecule has 2 atom stereocenters. The number of rotatable bonds is 11. The lowest BCUT2D eigenvalue weighted by Gasteiger charge is -2.42. The maximum Gasteiger partial charge on any atom is 0.412 e. The Morgan fingerprint density at radius 1 is 1.08 bits per heavy atom. The van der Waals surface area contributed by atoms with E-state index in [1.54, 1.807) is 70.4 Å². The van der Waals surface area contributed by atoms with Crippen LogP contribution in [0, 0.1) is 6.92 Å². The fourth-order valence-corrected chi connectivity index (χ4v) is 5.83. The molecule has 278 valence electrons. The van der Waals surface area contributed by atoms with Crippen LogP contribution in [0.5, 0.6) is 5.75 Å². The number of carbonyl (C=O) groups excluding carboxylic acids is 6. The highest BCUT2D eigenvalue weighted by molar-refractivity contribution is 6.05. The van der Waals surface area contributed by atoms with Crippen molar-refractivity contribution in [1.82, 2.24) is 20.4 Å². The number of aryl methyl sites for hydroxylation is 1. The van der Waals surface area contributed by atoms with Gasteiger partial charge in [-0.1, -0.05) is 6.92 Å². The van der Waals surface area contributed by atoms with E-state index >= 15 is 0 Å². The summed E-state index contributed by atoms with van der Waals surface area (Å²) in [6.07, 6.45) is -1.17. The van der Waals surface area contributed by atoms with Gasteiger partial charge in [-0.3, -0.25) is 19.2 Å². The van der Waals surface area contributed by atoms with Crippen LogP contribution in [0.25, 0.3) is 0 Å². The number of nitrogens with zero attached hydrogens (tertiary/aromatic N) is 3. The van der Waals surface area contributed by atoms with Crippen molar-refractivity contribution in [3.63, 3.8) is 0 Å². The van der Waals surface area contributed by atoms with E-state index in [2.05, 4.69) is 10.6 Å². The number of hydrogen-bond donors (Lipinski definition) is 2. The molecule has 3 rings (SSSR count). The molecule has 1 aromatic rings. The van der Waals surface area contributed by atoms with Crippen LogP contribution in [0.2, 0.25) is 0 Å². The average Bonchev–Trinajstić information content (AvgIpc) is 3.00. The summed E-state index contributed by atoms with van der Waals surface area (Å²) in [5, 5.41) is 5.09. The molecule has 2 heterocycles. The Kier molecular flexibility index (Phi) is 13.1. The Balaban J connectivity index is 1.72. The molecule has 0 spiro atoms. The van der Waals surface area contributed by atoms with Gasteiger partial charge in [-0.15, -0.1) is 0 Å². The van der Waals surface area contributed by atoms with Crippen LogP contribution in [0.1, 0.15) is 97.5 Å². The number of piperidine rings is 1. The first-order chi connectivity index (χ1) is 23.2. The molecule has 0 bridgehead atoms. The largest absolute Gasteiger partial charge is 0.476 e. The monoisotopic (exact) mass is 703 g/mol. The van der Waals surface area contributed by atoms with Gasteiger partial charge >= 0.3 is 18.2 Å². The minimum Gasteiger partial charge on any atom is -0.476 e. The summed E-state index contributed by atoms with van der Waals surface area (Å²) >= 11 is 0. The number of fused-ring (bicyclic) bond motifs is 1. The minimum absolute atomic E-state index is 0.133. The van der Waals surface area contributed by atoms with Crippen LogP contribution in [-0.2, 0) is 28.6 Å². The molecule has 5 amide bonds. The average molecular weight is 704 g/mol. The standard InChI is InChI=1S/C35H53N5O10/c1-11-28(41)36-14-16-39-26-18-25(22(4)17-27(26)49-35(9,10)31(39)44)30(43)40(21(2)3)24-13-12-15-38(20-24)33(46)48-23(5)47-29(42)19-37-32(45)50-34(6,7)8/h17-18,21,23-24H,11-16,19-20H2,1-10H3,(H,36,41)(H,37,45)/t23?,24-/m1/s1. The Morgan fingerprint density at radius 2 is 1.76 bits per heavy atom. The molecule has 15 heteroatoms. The number of amides is 5. The van der Waals surface area contributed by atoms with Crippen LogP contribution < -0.4 is 20.3 Å². The number of benzene rings is 1. The number of carbonyl (C=O) groups is 6. The van der Waals surface area contributed by atoms with Crippen molar-refractivity contribution in [2.45, 2.75) is 118 Å². The third-order valence-corrected chi connectivity index (χ3v) is 8.11. The first kappa shape index (κ1) is 39.9. The fourth-order valence-electron chi connectivity index (χ4n) is 5.83. The number of hydrogen-bond acceptors (Lipinski definition) is 10. The van der Waals surface area contributed by atoms with Crippen LogP contribution in [0.4, 0.5) is 15.3 Å². The fraction of sp³-hybridized carbons (Fsp3) is 0.657. The summed E-state index contributed by atoms with van der Waals surface area (Å²) in [5.74, 6) is -1.05. The highest BCUT2D eigenvalue weighted by Gasteiger charge is 2.42. The van der Waals surface area contributed by atoms with Crippen LogP contribution in [0.3, 0.4) is 0 Å². The smallest absolute Gasteiger partial charge is 0.412 e. The summed E-state index contributed by atoms with van der Waals surface area (Å²) in [6.45, 7) is 17.7. The van der Waals surface area contributed by atoms with Gasteiger partial charge in [-0.2, -0.15) is 0 Å². The van der Waals surface area contributed by atoms with Crippen molar-refractivity contribution in [3.8, 4) is 5.75 Å². The van der Waals surface area contributed by atoms with Crippen molar-refractivity contribution in [2.24, 2.45) is 0 Å². The molecule has 2 aliphatic rings. The lowest BCUT2D eigenvalue weighted by molar-refractivity contribution is -0.165. The van der Waals surface area contributed by atoms with Crippen molar-refractivity contribution < 1.29 is 47.7 Å². The van der Waals surface area contributed by atoms with E-state index < -0.39 is 42.2 Å². The SMILES string of the molecule is CCC(=O)NCCN1C(=O)C(C)(C)Oc2cc(C)c(C(=O)N(C(C)C)[C@@H]3CCCN(C(=O)OC(C)OC(=O)CNC(=O)OC(C)(C)C)C3)cc21. The van der Waals surface area contributed by atoms with Gasteiger partial charge in [0.2, 0.25) is 12.2 Å². The predicted octanol–water partition coefficient (Wildman–Crippen LogP) is 3.89. The lowest BCUT2D eigenvalue weighted by Crippen LogP contribution is -2.55. The van der Waals surface area contributed by atoms with E-state index in [1.807, 2.05) is 13.8 Å². The second-order valence-electron chi connectivity index (χ2n) is 14.3. The number of nitrogens with one attached hydrogen (secondary N) is 2.